The van der Waals surface area contributed by atoms with Gasteiger partial charge in [-0.3, -0.25) is 4.98 Å². The predicted octanol–water partition coefficient (Wildman–Crippen LogP) is 5.04. The molecule has 0 unspecified atom stereocenters. The van der Waals surface area contributed by atoms with E-state index in [0.29, 0.717) is 6.42 Å². The highest BCUT2D eigenvalue weighted by Gasteiger charge is 2.12. The van der Waals surface area contributed by atoms with Gasteiger partial charge in [0.05, 0.1) is 35.7 Å². The first kappa shape index (κ1) is 16.0. The lowest BCUT2D eigenvalue weighted by molar-refractivity contribution is 0.416. The van der Waals surface area contributed by atoms with Crippen molar-refractivity contribution in [2.45, 2.75) is 13.3 Å². The fourth-order valence-electron chi connectivity index (χ4n) is 2.71. The average Bonchev–Trinajstić information content (AvgIpc) is 2.56. The minimum atomic E-state index is -0.220. The molecule has 1 aromatic heterocycles. The number of methoxy groups -OCH3 is 1. The number of nitrogens with one attached hydrogen (secondary N) is 1. The van der Waals surface area contributed by atoms with E-state index < -0.39 is 0 Å². The second-order valence-electron chi connectivity index (χ2n) is 5.41. The highest BCUT2D eigenvalue weighted by molar-refractivity contribution is 14.1. The zero-order chi connectivity index (χ0) is 16.4. The zero-order valence-corrected chi connectivity index (χ0v) is 15.0. The molecule has 3 nitrogen and oxygen atoms in total. The molecule has 0 spiro atoms. The van der Waals surface area contributed by atoms with E-state index in [4.69, 9.17) is 4.74 Å². The van der Waals surface area contributed by atoms with Crippen LogP contribution in [0.4, 0.5) is 10.1 Å². The maximum atomic E-state index is 13.0. The summed E-state index contributed by atoms with van der Waals surface area (Å²) in [6.45, 7) is 2.00. The quantitative estimate of drug-likeness (QED) is 0.473. The molecular formula is C18H16FIN2O. The van der Waals surface area contributed by atoms with Crippen molar-refractivity contribution in [1.82, 2.24) is 4.98 Å². The molecular weight excluding hydrogens is 406 g/mol. The van der Waals surface area contributed by atoms with Crippen LogP contribution >= 0.6 is 22.9 Å². The topological polar surface area (TPSA) is 34.1 Å². The van der Waals surface area contributed by atoms with Crippen LogP contribution in [0.1, 0.15) is 16.7 Å². The van der Waals surface area contributed by atoms with Gasteiger partial charge in [0.15, 0.2) is 0 Å². The minimum Gasteiger partial charge on any atom is -0.494 e. The Kier molecular flexibility index (Phi) is 4.66. The van der Waals surface area contributed by atoms with Crippen LogP contribution in [0.2, 0.25) is 0 Å². The van der Waals surface area contributed by atoms with E-state index in [0.717, 1.165) is 39.0 Å². The molecule has 5 heteroatoms. The number of anilines is 1. The fourth-order valence-corrected chi connectivity index (χ4v) is 3.16. The number of hydrogen-bond acceptors (Lipinski definition) is 3. The van der Waals surface area contributed by atoms with E-state index in [1.165, 1.54) is 12.1 Å². The summed E-state index contributed by atoms with van der Waals surface area (Å²) in [5.41, 5.74) is 5.01. The van der Waals surface area contributed by atoms with Crippen molar-refractivity contribution in [2.24, 2.45) is 0 Å². The Morgan fingerprint density at radius 1 is 1.17 bits per heavy atom. The average molecular weight is 422 g/mol. The van der Waals surface area contributed by atoms with Crippen LogP contribution in [-0.4, -0.2) is 12.1 Å². The molecule has 2 aromatic carbocycles. The normalized spacial score (nSPS) is 10.8. The number of nitrogens with zero attached hydrogens (tertiary/aromatic N) is 1. The molecule has 0 atom stereocenters. The van der Waals surface area contributed by atoms with Gasteiger partial charge in [-0.15, -0.1) is 0 Å². The third kappa shape index (κ3) is 3.24. The van der Waals surface area contributed by atoms with Gasteiger partial charge in [-0.2, -0.15) is 0 Å². The third-order valence-corrected chi connectivity index (χ3v) is 4.38. The smallest absolute Gasteiger partial charge is 0.148 e. The summed E-state index contributed by atoms with van der Waals surface area (Å²) in [6.07, 6.45) is 2.56. The molecule has 1 heterocycles. The van der Waals surface area contributed by atoms with Crippen molar-refractivity contribution in [1.29, 1.82) is 0 Å². The summed E-state index contributed by atoms with van der Waals surface area (Å²) in [5.74, 6) is 0.575. The highest BCUT2D eigenvalue weighted by Crippen LogP contribution is 2.35. The Bertz CT molecular complexity index is 850. The monoisotopic (exact) mass is 422 g/mol. The number of pyridine rings is 1. The molecule has 0 aliphatic heterocycles. The Balaban J connectivity index is 2.07. The molecule has 0 saturated carbocycles. The van der Waals surface area contributed by atoms with Gasteiger partial charge < -0.3 is 8.27 Å². The van der Waals surface area contributed by atoms with Crippen LogP contribution in [-0.2, 0) is 6.42 Å². The van der Waals surface area contributed by atoms with Crippen LogP contribution in [0.25, 0.3) is 10.9 Å². The van der Waals surface area contributed by atoms with Gasteiger partial charge in [0.25, 0.3) is 0 Å². The number of ether oxygens (including phenoxy) is 1. The van der Waals surface area contributed by atoms with Crippen LogP contribution in [0.3, 0.4) is 0 Å². The molecule has 3 rings (SSSR count). The minimum absolute atomic E-state index is 0.220. The molecule has 23 heavy (non-hydrogen) atoms. The van der Waals surface area contributed by atoms with Crippen molar-refractivity contribution < 1.29 is 9.13 Å². The first-order valence-corrected chi connectivity index (χ1v) is 8.27. The predicted molar refractivity (Wildman–Crippen MR) is 99.9 cm³/mol. The molecule has 0 bridgehead atoms. The van der Waals surface area contributed by atoms with Crippen molar-refractivity contribution in [3.8, 4) is 5.75 Å². The van der Waals surface area contributed by atoms with E-state index in [9.17, 15) is 4.39 Å². The van der Waals surface area contributed by atoms with Gasteiger partial charge in [0.2, 0.25) is 0 Å². The van der Waals surface area contributed by atoms with Crippen LogP contribution in [0.15, 0.2) is 42.6 Å². The first-order valence-electron chi connectivity index (χ1n) is 7.19. The van der Waals surface area contributed by atoms with E-state index >= 15 is 0 Å². The summed E-state index contributed by atoms with van der Waals surface area (Å²) < 4.78 is 21.7. The van der Waals surface area contributed by atoms with Gasteiger partial charge in [0, 0.05) is 11.6 Å². The Morgan fingerprint density at radius 3 is 2.57 bits per heavy atom. The Labute approximate surface area is 148 Å². The molecule has 1 N–H and O–H groups in total. The maximum Gasteiger partial charge on any atom is 0.148 e. The molecule has 0 amide bonds. The number of benzene rings is 2. The van der Waals surface area contributed by atoms with E-state index in [-0.39, 0.29) is 5.82 Å². The maximum absolute atomic E-state index is 13.0. The van der Waals surface area contributed by atoms with Crippen LogP contribution in [0, 0.1) is 12.7 Å². The lowest BCUT2D eigenvalue weighted by atomic mass is 10.0. The summed E-state index contributed by atoms with van der Waals surface area (Å²) in [7, 11) is 1.66. The van der Waals surface area contributed by atoms with E-state index in [1.54, 1.807) is 19.2 Å². The SMILES string of the molecule is COc1c(C)cc(NI)c2cc(Cc3ccc(F)cc3)cnc12. The van der Waals surface area contributed by atoms with Crippen molar-refractivity contribution >= 4 is 39.5 Å². The van der Waals surface area contributed by atoms with Gasteiger partial charge in [-0.25, -0.2) is 4.39 Å². The number of aromatic nitrogens is 1. The second-order valence-corrected chi connectivity index (χ2v) is 5.95. The van der Waals surface area contributed by atoms with Crippen molar-refractivity contribution in [2.75, 3.05) is 10.6 Å². The Morgan fingerprint density at radius 2 is 1.91 bits per heavy atom. The third-order valence-electron chi connectivity index (χ3n) is 3.80. The van der Waals surface area contributed by atoms with Gasteiger partial charge in [-0.05, 0) is 54.3 Å². The molecule has 3 aromatic rings. The van der Waals surface area contributed by atoms with E-state index in [1.807, 2.05) is 13.1 Å². The summed E-state index contributed by atoms with van der Waals surface area (Å²) in [5, 5.41) is 1.02. The van der Waals surface area contributed by atoms with Crippen molar-refractivity contribution in [3.63, 3.8) is 0 Å². The van der Waals surface area contributed by atoms with E-state index in [2.05, 4.69) is 43.5 Å². The molecule has 0 aliphatic carbocycles. The number of aryl methyl sites for hydroxylation is 1. The number of hydrogen-bond donors (Lipinski definition) is 1. The molecule has 0 aliphatic rings. The fraction of sp³-hybridized carbons (Fsp3) is 0.167. The zero-order valence-electron chi connectivity index (χ0n) is 12.9. The van der Waals surface area contributed by atoms with Gasteiger partial charge >= 0.3 is 0 Å². The highest BCUT2D eigenvalue weighted by atomic mass is 127. The van der Waals surface area contributed by atoms with Crippen LogP contribution in [0.5, 0.6) is 5.75 Å². The largest absolute Gasteiger partial charge is 0.494 e. The first-order chi connectivity index (χ1) is 11.1. The molecule has 0 saturated heterocycles. The standard InChI is InChI=1S/C18H16FIN2O/c1-11-7-16(22-20)15-9-13(10-21-17(15)18(11)23-2)8-12-3-5-14(19)6-4-12/h3-7,9-10,22H,8H2,1-2H3. The molecule has 118 valence electrons. The molecule has 0 radical (unpaired) electrons. The van der Waals surface area contributed by atoms with Crippen LogP contribution < -0.4 is 8.27 Å². The summed E-state index contributed by atoms with van der Waals surface area (Å²) >= 11 is 2.12. The number of rotatable bonds is 4. The summed E-state index contributed by atoms with van der Waals surface area (Å²) in [4.78, 5) is 4.59. The molecule has 0 fully saturated rings. The number of halogens is 2. The second kappa shape index (κ2) is 6.70. The van der Waals surface area contributed by atoms with Gasteiger partial charge in [-0.1, -0.05) is 12.1 Å². The number of fused-ring (bicyclic) bond motifs is 1. The van der Waals surface area contributed by atoms with Crippen molar-refractivity contribution in [3.05, 3.63) is 65.1 Å². The lowest BCUT2D eigenvalue weighted by Gasteiger charge is -2.13. The summed E-state index contributed by atoms with van der Waals surface area (Å²) in [6, 6.07) is 10.7. The van der Waals surface area contributed by atoms with Gasteiger partial charge in [0.1, 0.15) is 17.1 Å². The lowest BCUT2D eigenvalue weighted by Crippen LogP contribution is -1.97. The Hall–Kier alpha value is -1.89.